The summed E-state index contributed by atoms with van der Waals surface area (Å²) in [5.74, 6) is 0. The van der Waals surface area contributed by atoms with E-state index in [4.69, 9.17) is 0 Å². The van der Waals surface area contributed by atoms with Crippen LogP contribution in [0.2, 0.25) is 0 Å². The summed E-state index contributed by atoms with van der Waals surface area (Å²) in [5, 5.41) is 21.6. The first-order chi connectivity index (χ1) is 12.7. The van der Waals surface area contributed by atoms with Gasteiger partial charge in [-0.25, -0.2) is 0 Å². The Morgan fingerprint density at radius 1 is 0.654 bits per heavy atom. The highest BCUT2D eigenvalue weighted by Crippen LogP contribution is 2.50. The minimum Gasteiger partial charge on any atom is -0.423 e. The largest absolute Gasteiger partial charge is 0.488 e. The van der Waals surface area contributed by atoms with Gasteiger partial charge in [0.2, 0.25) is 0 Å². The smallest absolute Gasteiger partial charge is 0.423 e. The third-order valence-electron chi connectivity index (χ3n) is 4.99. The Balaban J connectivity index is 1.90. The Morgan fingerprint density at radius 2 is 1.42 bits per heavy atom. The second kappa shape index (κ2) is 5.73. The Labute approximate surface area is 151 Å². The van der Waals surface area contributed by atoms with Gasteiger partial charge in [0.25, 0.3) is 0 Å². The predicted molar refractivity (Wildman–Crippen MR) is 107 cm³/mol. The maximum Gasteiger partial charge on any atom is 0.488 e. The summed E-state index contributed by atoms with van der Waals surface area (Å²) in [5.41, 5.74) is 5.86. The van der Waals surface area contributed by atoms with Crippen LogP contribution in [0, 0.1) is 0 Å². The summed E-state index contributed by atoms with van der Waals surface area (Å²) in [6, 6.07) is 28.4. The summed E-state index contributed by atoms with van der Waals surface area (Å²) < 4.78 is 0. The quantitative estimate of drug-likeness (QED) is 0.479. The van der Waals surface area contributed by atoms with Crippen LogP contribution >= 0.6 is 0 Å². The molecule has 0 saturated heterocycles. The van der Waals surface area contributed by atoms with Crippen LogP contribution in [0.1, 0.15) is 0 Å². The molecule has 0 atom stereocenters. The molecule has 0 unspecified atom stereocenters. The molecule has 4 aromatic carbocycles. The molecule has 0 aliphatic carbocycles. The van der Waals surface area contributed by atoms with Gasteiger partial charge >= 0.3 is 7.12 Å². The molecule has 1 heterocycles. The molecule has 0 fully saturated rings. The molecule has 0 radical (unpaired) electrons. The second-order valence-electron chi connectivity index (χ2n) is 6.50. The van der Waals surface area contributed by atoms with Crippen molar-refractivity contribution in [1.29, 1.82) is 0 Å². The molecule has 0 aromatic heterocycles. The minimum atomic E-state index is -1.48. The van der Waals surface area contributed by atoms with Crippen LogP contribution in [0.4, 0.5) is 17.1 Å². The van der Waals surface area contributed by atoms with E-state index in [9.17, 15) is 10.0 Å². The number of anilines is 3. The average molecular weight is 337 g/mol. The van der Waals surface area contributed by atoms with Crippen LogP contribution in [0.25, 0.3) is 21.9 Å². The minimum absolute atomic E-state index is 0.494. The molecule has 0 saturated carbocycles. The Hall–Kier alpha value is -3.08. The van der Waals surface area contributed by atoms with Crippen LogP contribution in [-0.2, 0) is 0 Å². The van der Waals surface area contributed by atoms with Gasteiger partial charge in [0.15, 0.2) is 0 Å². The monoisotopic (exact) mass is 337 g/mol. The van der Waals surface area contributed by atoms with Gasteiger partial charge in [-0.05, 0) is 40.7 Å². The zero-order valence-electron chi connectivity index (χ0n) is 14.0. The van der Waals surface area contributed by atoms with E-state index >= 15 is 0 Å². The van der Waals surface area contributed by atoms with E-state index < -0.39 is 7.12 Å². The summed E-state index contributed by atoms with van der Waals surface area (Å²) in [6.45, 7) is 0. The topological polar surface area (TPSA) is 43.7 Å². The highest BCUT2D eigenvalue weighted by Gasteiger charge is 2.26. The molecular weight excluding hydrogens is 321 g/mol. The van der Waals surface area contributed by atoms with Gasteiger partial charge in [-0.2, -0.15) is 0 Å². The van der Waals surface area contributed by atoms with Crippen molar-refractivity contribution in [3.05, 3.63) is 84.9 Å². The van der Waals surface area contributed by atoms with Crippen molar-refractivity contribution in [2.75, 3.05) is 4.90 Å². The van der Waals surface area contributed by atoms with Crippen LogP contribution < -0.4 is 10.4 Å². The fourth-order valence-corrected chi connectivity index (χ4v) is 3.84. The number of benzene rings is 4. The molecule has 1 aliphatic heterocycles. The van der Waals surface area contributed by atoms with Crippen molar-refractivity contribution in [3.8, 4) is 11.1 Å². The molecule has 4 heteroatoms. The number of nitrogens with zero attached hydrogens (tertiary/aromatic N) is 1. The third-order valence-corrected chi connectivity index (χ3v) is 4.99. The SMILES string of the molecule is OB(O)c1ccc2c(c1)-c1cccc3cccc(c13)N2c1ccccc1. The van der Waals surface area contributed by atoms with E-state index in [1.165, 1.54) is 10.8 Å². The first kappa shape index (κ1) is 15.2. The lowest BCUT2D eigenvalue weighted by Crippen LogP contribution is -2.30. The lowest BCUT2D eigenvalue weighted by atomic mass is 9.77. The lowest BCUT2D eigenvalue weighted by molar-refractivity contribution is 0.426. The zero-order chi connectivity index (χ0) is 17.7. The molecule has 3 nitrogen and oxygen atoms in total. The molecule has 0 amide bonds. The van der Waals surface area contributed by atoms with Crippen LogP contribution in [0.5, 0.6) is 0 Å². The number of fused-ring (bicyclic) bond motifs is 2. The van der Waals surface area contributed by atoms with E-state index in [0.29, 0.717) is 5.46 Å². The second-order valence-corrected chi connectivity index (χ2v) is 6.50. The zero-order valence-corrected chi connectivity index (χ0v) is 14.0. The van der Waals surface area contributed by atoms with Gasteiger partial charge in [-0.15, -0.1) is 0 Å². The molecule has 4 aromatic rings. The standard InChI is InChI=1S/C22H16BNO2/c25-23(26)16-12-13-20-19(14-16)18-10-4-6-15-7-5-11-21(22(15)18)24(20)17-8-2-1-3-9-17/h1-14,25-26H. The van der Waals surface area contributed by atoms with Crippen molar-refractivity contribution < 1.29 is 10.0 Å². The van der Waals surface area contributed by atoms with Gasteiger partial charge in [0, 0.05) is 16.6 Å². The molecule has 0 spiro atoms. The first-order valence-corrected chi connectivity index (χ1v) is 8.61. The van der Waals surface area contributed by atoms with Crippen LogP contribution in [-0.4, -0.2) is 17.2 Å². The Morgan fingerprint density at radius 3 is 2.19 bits per heavy atom. The fraction of sp³-hybridized carbons (Fsp3) is 0. The third kappa shape index (κ3) is 2.17. The van der Waals surface area contributed by atoms with E-state index in [1.807, 2.05) is 36.4 Å². The summed E-state index contributed by atoms with van der Waals surface area (Å²) >= 11 is 0. The maximum atomic E-state index is 9.64. The van der Waals surface area contributed by atoms with Gasteiger partial charge < -0.3 is 14.9 Å². The van der Waals surface area contributed by atoms with Crippen LogP contribution in [0.15, 0.2) is 84.9 Å². The molecule has 26 heavy (non-hydrogen) atoms. The summed E-state index contributed by atoms with van der Waals surface area (Å²) in [6.07, 6.45) is 0. The van der Waals surface area contributed by atoms with Crippen LogP contribution in [0.3, 0.4) is 0 Å². The van der Waals surface area contributed by atoms with Crippen molar-refractivity contribution in [1.82, 2.24) is 0 Å². The summed E-state index contributed by atoms with van der Waals surface area (Å²) in [4.78, 5) is 2.23. The number of rotatable bonds is 2. The Bertz CT molecular complexity index is 1120. The highest BCUT2D eigenvalue weighted by atomic mass is 16.4. The predicted octanol–water partition coefficient (Wildman–Crippen LogP) is 3.97. The van der Waals surface area contributed by atoms with Crippen molar-refractivity contribution in [3.63, 3.8) is 0 Å². The average Bonchev–Trinajstić information content (AvgIpc) is 2.69. The van der Waals surface area contributed by atoms with E-state index in [2.05, 4.69) is 47.4 Å². The van der Waals surface area contributed by atoms with E-state index in [0.717, 1.165) is 28.2 Å². The fourth-order valence-electron chi connectivity index (χ4n) is 3.84. The molecular formula is C22H16BNO2. The molecule has 5 rings (SSSR count). The van der Waals surface area contributed by atoms with E-state index in [-0.39, 0.29) is 0 Å². The molecule has 0 bridgehead atoms. The number of hydrogen-bond donors (Lipinski definition) is 2. The van der Waals surface area contributed by atoms with Crippen molar-refractivity contribution in [2.24, 2.45) is 0 Å². The Kier molecular flexibility index (Phi) is 3.35. The molecule has 1 aliphatic rings. The van der Waals surface area contributed by atoms with Crippen molar-refractivity contribution >= 4 is 40.4 Å². The highest BCUT2D eigenvalue weighted by molar-refractivity contribution is 6.58. The number of hydrogen-bond acceptors (Lipinski definition) is 3. The summed E-state index contributed by atoms with van der Waals surface area (Å²) in [7, 11) is -1.48. The van der Waals surface area contributed by atoms with Gasteiger partial charge in [-0.1, -0.05) is 60.7 Å². The number of para-hydroxylation sites is 1. The molecule has 124 valence electrons. The first-order valence-electron chi connectivity index (χ1n) is 8.61. The van der Waals surface area contributed by atoms with Gasteiger partial charge in [0.05, 0.1) is 11.4 Å². The maximum absolute atomic E-state index is 9.64. The molecule has 2 N–H and O–H groups in total. The van der Waals surface area contributed by atoms with Gasteiger partial charge in [-0.3, -0.25) is 0 Å². The normalized spacial score (nSPS) is 12.2. The van der Waals surface area contributed by atoms with E-state index in [1.54, 1.807) is 6.07 Å². The van der Waals surface area contributed by atoms with Crippen molar-refractivity contribution in [2.45, 2.75) is 0 Å². The lowest BCUT2D eigenvalue weighted by Gasteiger charge is -2.33. The van der Waals surface area contributed by atoms with Gasteiger partial charge in [0.1, 0.15) is 0 Å².